The van der Waals surface area contributed by atoms with Gasteiger partial charge in [0.1, 0.15) is 16.7 Å². The summed E-state index contributed by atoms with van der Waals surface area (Å²) in [7, 11) is 4.39. The van der Waals surface area contributed by atoms with Crippen LogP contribution in [0.1, 0.15) is 36.8 Å². The van der Waals surface area contributed by atoms with Crippen LogP contribution in [0.15, 0.2) is 43.0 Å². The molecule has 1 aliphatic heterocycles. The van der Waals surface area contributed by atoms with Crippen LogP contribution >= 0.6 is 11.6 Å². The van der Waals surface area contributed by atoms with Gasteiger partial charge in [0.15, 0.2) is 0 Å². The molecule has 1 saturated heterocycles. The molecule has 226 valence electrons. The first-order valence-corrected chi connectivity index (χ1v) is 13.8. The second kappa shape index (κ2) is 13.8. The molecular formula is C29H38ClF3N4O4. The number of ether oxygens (including phenoxy) is 1. The molecule has 1 amide bonds. The monoisotopic (exact) mass is 598 g/mol. The topological polar surface area (TPSA) is 89.4 Å². The van der Waals surface area contributed by atoms with E-state index >= 15 is 0 Å². The summed E-state index contributed by atoms with van der Waals surface area (Å²) in [5.74, 6) is -0.221. The van der Waals surface area contributed by atoms with Crippen LogP contribution in [0.4, 0.5) is 19.0 Å². The summed E-state index contributed by atoms with van der Waals surface area (Å²) in [5, 5.41) is 20.2. The van der Waals surface area contributed by atoms with Crippen molar-refractivity contribution in [1.29, 1.82) is 0 Å². The molecule has 2 N–H and O–H groups in total. The minimum atomic E-state index is -5.21. The lowest BCUT2D eigenvalue weighted by atomic mass is 9.90. The highest BCUT2D eigenvalue weighted by molar-refractivity contribution is 6.31. The molecule has 0 spiro atoms. The van der Waals surface area contributed by atoms with E-state index in [2.05, 4.69) is 16.5 Å². The Morgan fingerprint density at radius 3 is 2.44 bits per heavy atom. The Balaban J connectivity index is 1.54. The molecule has 1 atom stereocenters. The van der Waals surface area contributed by atoms with Crippen molar-refractivity contribution in [2.75, 3.05) is 58.9 Å². The van der Waals surface area contributed by atoms with Gasteiger partial charge >= 0.3 is 6.18 Å². The zero-order valence-electron chi connectivity index (χ0n) is 23.6. The van der Waals surface area contributed by atoms with Gasteiger partial charge in [0.2, 0.25) is 0 Å². The molecule has 0 aliphatic carbocycles. The van der Waals surface area contributed by atoms with Crippen molar-refractivity contribution in [2.24, 2.45) is 5.92 Å². The molecule has 1 fully saturated rings. The number of aromatic nitrogens is 1. The first-order chi connectivity index (χ1) is 19.3. The second-order valence-corrected chi connectivity index (χ2v) is 10.7. The summed E-state index contributed by atoms with van der Waals surface area (Å²) in [5.41, 5.74) is -2.89. The number of carbonyl (C=O) groups excluding carboxylic acids is 1. The zero-order chi connectivity index (χ0) is 30.4. The van der Waals surface area contributed by atoms with Crippen molar-refractivity contribution in [2.45, 2.75) is 37.5 Å². The predicted octanol–water partition coefficient (Wildman–Crippen LogP) is 4.54. The Morgan fingerprint density at radius 1 is 1.17 bits per heavy atom. The number of likely N-dealkylation sites (N-methyl/N-ethyl adjacent to an activating group) is 2. The molecule has 2 heterocycles. The number of carbonyl (C=O) groups is 1. The van der Waals surface area contributed by atoms with Crippen LogP contribution in [0.3, 0.4) is 0 Å². The van der Waals surface area contributed by atoms with Gasteiger partial charge in [-0.2, -0.15) is 13.2 Å². The van der Waals surface area contributed by atoms with E-state index < -0.39 is 23.2 Å². The lowest BCUT2D eigenvalue weighted by Crippen LogP contribution is -2.55. The Kier molecular flexibility index (Phi) is 10.9. The van der Waals surface area contributed by atoms with Gasteiger partial charge in [0.05, 0.1) is 13.7 Å². The molecule has 1 aromatic heterocycles. The van der Waals surface area contributed by atoms with Crippen LogP contribution < -0.4 is 9.64 Å². The fourth-order valence-corrected chi connectivity index (χ4v) is 5.27. The SMILES string of the molecule is C=C(c1ccc(N2CCC(CCCN(C)C(=O)C(O)(c3cccc(OC)c3)C(F)(F)F)CC2)nc1Cl)N(C)CCO. The molecule has 1 aliphatic rings. The third-order valence-corrected chi connectivity index (χ3v) is 7.93. The maximum atomic E-state index is 14.0. The van der Waals surface area contributed by atoms with Gasteiger partial charge in [-0.25, -0.2) is 4.98 Å². The van der Waals surface area contributed by atoms with E-state index in [1.165, 1.54) is 26.3 Å². The van der Waals surface area contributed by atoms with Crippen molar-refractivity contribution in [3.63, 3.8) is 0 Å². The average molecular weight is 599 g/mol. The highest BCUT2D eigenvalue weighted by Gasteiger charge is 2.61. The first kappa shape index (κ1) is 32.5. The Hall–Kier alpha value is -3.02. The van der Waals surface area contributed by atoms with E-state index in [1.807, 2.05) is 24.1 Å². The number of methoxy groups -OCH3 is 1. The Morgan fingerprint density at radius 2 is 1.85 bits per heavy atom. The van der Waals surface area contributed by atoms with Crippen LogP contribution in [0.5, 0.6) is 5.75 Å². The zero-order valence-corrected chi connectivity index (χ0v) is 24.4. The first-order valence-electron chi connectivity index (χ1n) is 13.4. The third kappa shape index (κ3) is 7.44. The van der Waals surface area contributed by atoms with Crippen LogP contribution in [-0.4, -0.2) is 91.1 Å². The van der Waals surface area contributed by atoms with Gasteiger partial charge in [0, 0.05) is 57.1 Å². The summed E-state index contributed by atoms with van der Waals surface area (Å²) >= 11 is 6.44. The maximum Gasteiger partial charge on any atom is 0.430 e. The van der Waals surface area contributed by atoms with Crippen LogP contribution in [-0.2, 0) is 10.4 Å². The average Bonchev–Trinajstić information content (AvgIpc) is 2.95. The van der Waals surface area contributed by atoms with E-state index in [-0.39, 0.29) is 18.9 Å². The molecule has 1 unspecified atom stereocenters. The van der Waals surface area contributed by atoms with Crippen molar-refractivity contribution < 1.29 is 32.9 Å². The predicted molar refractivity (Wildman–Crippen MR) is 153 cm³/mol. The van der Waals surface area contributed by atoms with Crippen molar-refractivity contribution >= 4 is 29.0 Å². The second-order valence-electron chi connectivity index (χ2n) is 10.3. The van der Waals surface area contributed by atoms with Gasteiger partial charge in [-0.05, 0) is 55.9 Å². The van der Waals surface area contributed by atoms with E-state index in [9.17, 15) is 23.1 Å². The van der Waals surface area contributed by atoms with Gasteiger partial charge < -0.3 is 29.6 Å². The Labute approximate surface area is 244 Å². The van der Waals surface area contributed by atoms with Crippen molar-refractivity contribution in [1.82, 2.24) is 14.8 Å². The molecule has 41 heavy (non-hydrogen) atoms. The highest BCUT2D eigenvalue weighted by Crippen LogP contribution is 2.41. The summed E-state index contributed by atoms with van der Waals surface area (Å²) in [4.78, 5) is 22.4. The fourth-order valence-electron chi connectivity index (χ4n) is 5.01. The van der Waals surface area contributed by atoms with Gasteiger partial charge in [0.25, 0.3) is 11.5 Å². The van der Waals surface area contributed by atoms with Crippen LogP contribution in [0.25, 0.3) is 5.70 Å². The number of halogens is 4. The number of aliphatic hydroxyl groups is 2. The number of amides is 1. The maximum absolute atomic E-state index is 14.0. The minimum absolute atomic E-state index is 0.000702. The van der Waals surface area contributed by atoms with E-state index in [1.54, 1.807) is 0 Å². The lowest BCUT2D eigenvalue weighted by Gasteiger charge is -2.35. The van der Waals surface area contributed by atoms with Crippen LogP contribution in [0.2, 0.25) is 5.15 Å². The Bertz CT molecular complexity index is 1210. The third-order valence-electron chi connectivity index (χ3n) is 7.64. The summed E-state index contributed by atoms with van der Waals surface area (Å²) in [6, 6.07) is 8.59. The highest BCUT2D eigenvalue weighted by atomic mass is 35.5. The van der Waals surface area contributed by atoms with Crippen LogP contribution in [0, 0.1) is 5.92 Å². The molecule has 2 aromatic rings. The molecule has 0 bridgehead atoms. The largest absolute Gasteiger partial charge is 0.497 e. The van der Waals surface area contributed by atoms with Gasteiger partial charge in [-0.1, -0.05) is 30.3 Å². The molecular weight excluding hydrogens is 561 g/mol. The van der Waals surface area contributed by atoms with E-state index in [0.29, 0.717) is 35.3 Å². The molecule has 0 saturated carbocycles. The molecule has 0 radical (unpaired) electrons. The number of benzene rings is 1. The number of nitrogens with zero attached hydrogens (tertiary/aromatic N) is 4. The number of anilines is 1. The number of piperidine rings is 1. The number of rotatable bonds is 12. The molecule has 1 aromatic carbocycles. The minimum Gasteiger partial charge on any atom is -0.497 e. The van der Waals surface area contributed by atoms with Gasteiger partial charge in [-0.3, -0.25) is 4.79 Å². The lowest BCUT2D eigenvalue weighted by molar-refractivity contribution is -0.261. The van der Waals surface area contributed by atoms with E-state index in [0.717, 1.165) is 55.2 Å². The number of hydrogen-bond acceptors (Lipinski definition) is 7. The molecule has 12 heteroatoms. The number of pyridine rings is 1. The summed E-state index contributed by atoms with van der Waals surface area (Å²) < 4.78 is 47.0. The standard InChI is InChI=1S/C29H38ClF3N4O4/c1-20(35(2)17-18-38)24-10-11-25(34-26(24)30)37-15-12-21(13-16-37)7-6-14-36(3)27(39)28(40,29(31,32)33)22-8-5-9-23(19-22)41-4/h5,8-11,19,21,38,40H,1,6-7,12-18H2,2-4H3. The summed E-state index contributed by atoms with van der Waals surface area (Å²) in [6.07, 6.45) is -2.25. The summed E-state index contributed by atoms with van der Waals surface area (Å²) in [6.45, 7) is 6.04. The quantitative estimate of drug-likeness (QED) is 0.347. The number of alkyl halides is 3. The van der Waals surface area contributed by atoms with Gasteiger partial charge in [-0.15, -0.1) is 0 Å². The number of hydrogen-bond donors (Lipinski definition) is 2. The van der Waals surface area contributed by atoms with E-state index in [4.69, 9.17) is 21.4 Å². The molecule has 8 nitrogen and oxygen atoms in total. The smallest absolute Gasteiger partial charge is 0.430 e. The van der Waals surface area contributed by atoms with Crippen molar-refractivity contribution in [3.05, 3.63) is 59.3 Å². The normalized spacial score (nSPS) is 15.8. The molecule has 3 rings (SSSR count). The van der Waals surface area contributed by atoms with Crippen molar-refractivity contribution in [3.8, 4) is 5.75 Å². The number of aliphatic hydroxyl groups excluding tert-OH is 1. The fraction of sp³-hybridized carbons (Fsp3) is 0.517.